The maximum Gasteiger partial charge on any atom is 0.245 e. The van der Waals surface area contributed by atoms with Gasteiger partial charge < -0.3 is 5.32 Å². The van der Waals surface area contributed by atoms with Crippen LogP contribution < -0.4 is 10.2 Å². The summed E-state index contributed by atoms with van der Waals surface area (Å²) in [5, 5.41) is 3.16. The summed E-state index contributed by atoms with van der Waals surface area (Å²) in [6.07, 6.45) is 0. The highest BCUT2D eigenvalue weighted by molar-refractivity contribution is 9.10. The van der Waals surface area contributed by atoms with Crippen molar-refractivity contribution in [3.8, 4) is 0 Å². The van der Waals surface area contributed by atoms with E-state index in [1.807, 2.05) is 48.5 Å². The Morgan fingerprint density at radius 2 is 1.89 bits per heavy atom. The van der Waals surface area contributed by atoms with E-state index in [1.165, 1.54) is 0 Å². The minimum absolute atomic E-state index is 0.0584. The van der Waals surface area contributed by atoms with E-state index in [4.69, 9.17) is 0 Å². The maximum atomic E-state index is 12.3. The van der Waals surface area contributed by atoms with Crippen molar-refractivity contribution >= 4 is 33.2 Å². The van der Waals surface area contributed by atoms with Crippen LogP contribution in [0.25, 0.3) is 0 Å². The van der Waals surface area contributed by atoms with Gasteiger partial charge in [-0.25, -0.2) is 0 Å². The van der Waals surface area contributed by atoms with Crippen molar-refractivity contribution in [1.82, 2.24) is 5.32 Å². The Morgan fingerprint density at radius 1 is 1.05 bits per heavy atom. The third-order valence-electron chi connectivity index (χ3n) is 3.14. The molecule has 0 bridgehead atoms. The molecule has 4 heteroatoms. The number of benzene rings is 2. The van der Waals surface area contributed by atoms with Crippen molar-refractivity contribution in [2.24, 2.45) is 0 Å². The van der Waals surface area contributed by atoms with E-state index >= 15 is 0 Å². The molecule has 19 heavy (non-hydrogen) atoms. The number of halogens is 1. The lowest BCUT2D eigenvalue weighted by atomic mass is 10.1. The first kappa shape index (κ1) is 12.4. The number of para-hydroxylation sites is 1. The lowest BCUT2D eigenvalue weighted by molar-refractivity contribution is -0.117. The van der Waals surface area contributed by atoms with Crippen molar-refractivity contribution in [3.05, 3.63) is 58.6 Å². The van der Waals surface area contributed by atoms with Crippen LogP contribution in [0.15, 0.2) is 53.0 Å². The number of fused-ring (bicyclic) bond motifs is 1. The highest BCUT2D eigenvalue weighted by Gasteiger charge is 2.23. The fourth-order valence-corrected chi connectivity index (χ4v) is 2.68. The molecule has 0 aromatic heterocycles. The lowest BCUT2D eigenvalue weighted by Crippen LogP contribution is -2.31. The quantitative estimate of drug-likeness (QED) is 0.876. The first-order valence-electron chi connectivity index (χ1n) is 6.13. The van der Waals surface area contributed by atoms with Gasteiger partial charge in [0, 0.05) is 11.0 Å². The van der Waals surface area contributed by atoms with Gasteiger partial charge >= 0.3 is 0 Å². The molecule has 3 rings (SSSR count). The fraction of sp³-hybridized carbons (Fsp3) is 0.133. The van der Waals surface area contributed by atoms with E-state index < -0.39 is 0 Å². The molecule has 0 radical (unpaired) electrons. The summed E-state index contributed by atoms with van der Waals surface area (Å²) in [5.74, 6) is 0.0584. The number of nitrogens with zero attached hydrogens (tertiary/aromatic N) is 1. The Hall–Kier alpha value is -1.65. The number of amides is 1. The van der Waals surface area contributed by atoms with Gasteiger partial charge in [0.15, 0.2) is 0 Å². The molecule has 1 heterocycles. The van der Waals surface area contributed by atoms with E-state index in [0.29, 0.717) is 13.1 Å². The number of hydrogen-bond donors (Lipinski definition) is 1. The van der Waals surface area contributed by atoms with Gasteiger partial charge in [0.25, 0.3) is 0 Å². The van der Waals surface area contributed by atoms with Gasteiger partial charge in [-0.05, 0) is 29.8 Å². The Labute approximate surface area is 120 Å². The molecule has 1 aliphatic rings. The molecule has 1 aliphatic heterocycles. The van der Waals surface area contributed by atoms with E-state index in [0.717, 1.165) is 21.4 Å². The molecular weight excluding hydrogens is 304 g/mol. The summed E-state index contributed by atoms with van der Waals surface area (Å²) < 4.78 is 0.965. The van der Waals surface area contributed by atoms with Gasteiger partial charge in [-0.2, -0.15) is 0 Å². The first-order chi connectivity index (χ1) is 9.25. The standard InChI is InChI=1S/C15H13BrN2O/c16-12-5-3-6-13(8-12)18-14-7-2-1-4-11(14)9-17-10-15(18)19/h1-8,17H,9-10H2. The molecular formula is C15H13BrN2O. The normalized spacial score (nSPS) is 15.0. The summed E-state index contributed by atoms with van der Waals surface area (Å²) >= 11 is 3.45. The summed E-state index contributed by atoms with van der Waals surface area (Å²) in [6, 6.07) is 15.8. The Morgan fingerprint density at radius 3 is 2.74 bits per heavy atom. The molecule has 3 nitrogen and oxygen atoms in total. The third kappa shape index (κ3) is 2.41. The molecule has 0 spiro atoms. The molecule has 0 saturated heterocycles. The van der Waals surface area contributed by atoms with Crippen LogP contribution in [0.3, 0.4) is 0 Å². The predicted molar refractivity (Wildman–Crippen MR) is 79.4 cm³/mol. The zero-order valence-corrected chi connectivity index (χ0v) is 11.9. The van der Waals surface area contributed by atoms with Crippen molar-refractivity contribution < 1.29 is 4.79 Å². The summed E-state index contributed by atoms with van der Waals surface area (Å²) in [4.78, 5) is 14.1. The molecule has 0 unspecified atom stereocenters. The van der Waals surface area contributed by atoms with Gasteiger partial charge in [-0.1, -0.05) is 40.2 Å². The summed E-state index contributed by atoms with van der Waals surface area (Å²) in [5.41, 5.74) is 2.97. The van der Waals surface area contributed by atoms with Crippen LogP contribution in [-0.4, -0.2) is 12.5 Å². The zero-order chi connectivity index (χ0) is 13.2. The van der Waals surface area contributed by atoms with Gasteiger partial charge in [0.1, 0.15) is 0 Å². The van der Waals surface area contributed by atoms with Gasteiger partial charge in [0.2, 0.25) is 5.91 Å². The van der Waals surface area contributed by atoms with Gasteiger partial charge in [-0.3, -0.25) is 9.69 Å². The highest BCUT2D eigenvalue weighted by atomic mass is 79.9. The second kappa shape index (κ2) is 5.15. The van der Waals surface area contributed by atoms with Crippen LogP contribution in [0.4, 0.5) is 11.4 Å². The van der Waals surface area contributed by atoms with Crippen LogP contribution in [0.2, 0.25) is 0 Å². The number of carbonyl (C=O) groups excluding carboxylic acids is 1. The second-order valence-corrected chi connectivity index (χ2v) is 5.36. The Kier molecular flexibility index (Phi) is 3.36. The van der Waals surface area contributed by atoms with E-state index in [2.05, 4.69) is 21.2 Å². The smallest absolute Gasteiger partial charge is 0.245 e. The zero-order valence-electron chi connectivity index (χ0n) is 10.3. The lowest BCUT2D eigenvalue weighted by Gasteiger charge is -2.23. The largest absolute Gasteiger partial charge is 0.304 e. The molecule has 1 N–H and O–H groups in total. The number of hydrogen-bond acceptors (Lipinski definition) is 2. The molecule has 0 aliphatic carbocycles. The first-order valence-corrected chi connectivity index (χ1v) is 6.92. The monoisotopic (exact) mass is 316 g/mol. The molecule has 0 fully saturated rings. The number of anilines is 2. The van der Waals surface area contributed by atoms with Gasteiger partial charge in [-0.15, -0.1) is 0 Å². The van der Waals surface area contributed by atoms with Crippen LogP contribution >= 0.6 is 15.9 Å². The number of rotatable bonds is 1. The van der Waals surface area contributed by atoms with Crippen molar-refractivity contribution in [1.29, 1.82) is 0 Å². The summed E-state index contributed by atoms with van der Waals surface area (Å²) in [7, 11) is 0. The van der Waals surface area contributed by atoms with E-state index in [1.54, 1.807) is 4.90 Å². The fourth-order valence-electron chi connectivity index (χ4n) is 2.29. The van der Waals surface area contributed by atoms with Crippen molar-refractivity contribution in [3.63, 3.8) is 0 Å². The molecule has 2 aromatic rings. The van der Waals surface area contributed by atoms with Crippen LogP contribution in [-0.2, 0) is 11.3 Å². The maximum absolute atomic E-state index is 12.3. The molecule has 1 amide bonds. The van der Waals surface area contributed by atoms with E-state index in [9.17, 15) is 4.79 Å². The Balaban J connectivity index is 2.14. The number of nitrogens with one attached hydrogen (secondary N) is 1. The third-order valence-corrected chi connectivity index (χ3v) is 3.63. The minimum Gasteiger partial charge on any atom is -0.304 e. The minimum atomic E-state index is 0.0584. The van der Waals surface area contributed by atoms with Crippen LogP contribution in [0, 0.1) is 0 Å². The average Bonchev–Trinajstić information content (AvgIpc) is 2.57. The van der Waals surface area contributed by atoms with Crippen LogP contribution in [0.5, 0.6) is 0 Å². The van der Waals surface area contributed by atoms with Crippen molar-refractivity contribution in [2.45, 2.75) is 6.54 Å². The molecule has 96 valence electrons. The Bertz CT molecular complexity index is 627. The number of carbonyl (C=O) groups is 1. The topological polar surface area (TPSA) is 32.3 Å². The van der Waals surface area contributed by atoms with Gasteiger partial charge in [0.05, 0.1) is 17.9 Å². The summed E-state index contributed by atoms with van der Waals surface area (Å²) in [6.45, 7) is 1.06. The molecule has 0 atom stereocenters. The van der Waals surface area contributed by atoms with Crippen molar-refractivity contribution in [2.75, 3.05) is 11.4 Å². The second-order valence-electron chi connectivity index (χ2n) is 4.44. The molecule has 2 aromatic carbocycles. The van der Waals surface area contributed by atoms with E-state index in [-0.39, 0.29) is 5.91 Å². The molecule has 0 saturated carbocycles. The SMILES string of the molecule is O=C1CNCc2ccccc2N1c1cccc(Br)c1. The average molecular weight is 317 g/mol. The van der Waals surface area contributed by atoms with Crippen LogP contribution in [0.1, 0.15) is 5.56 Å². The highest BCUT2D eigenvalue weighted by Crippen LogP contribution is 2.31. The predicted octanol–water partition coefficient (Wildman–Crippen LogP) is 3.22.